The van der Waals surface area contributed by atoms with Crippen LogP contribution in [0.3, 0.4) is 0 Å². The summed E-state index contributed by atoms with van der Waals surface area (Å²) in [5.41, 5.74) is 7.17. The van der Waals surface area contributed by atoms with Crippen molar-refractivity contribution in [3.63, 3.8) is 0 Å². The largest absolute Gasteiger partial charge is 0.392 e. The van der Waals surface area contributed by atoms with E-state index in [9.17, 15) is 4.39 Å². The molecule has 2 rings (SSSR count). The maximum Gasteiger partial charge on any atom is 0.191 e. The van der Waals surface area contributed by atoms with Crippen molar-refractivity contribution < 1.29 is 9.50 Å². The summed E-state index contributed by atoms with van der Waals surface area (Å²) in [6.45, 7) is 2.03. The number of halogens is 2. The molecule has 6 heteroatoms. The first-order valence-corrected chi connectivity index (χ1v) is 7.13. The minimum atomic E-state index is -0.388. The van der Waals surface area contributed by atoms with Gasteiger partial charge in [0.15, 0.2) is 5.96 Å². The molecule has 1 fully saturated rings. The lowest BCUT2D eigenvalue weighted by Gasteiger charge is -2.21. The van der Waals surface area contributed by atoms with E-state index in [0.717, 1.165) is 31.5 Å². The molecule has 0 bridgehead atoms. The number of aliphatic hydroxyl groups is 1. The summed E-state index contributed by atoms with van der Waals surface area (Å²) in [6.07, 6.45) is 4.81. The Labute approximate surface area is 142 Å². The van der Waals surface area contributed by atoms with Crippen molar-refractivity contribution in [3.8, 4) is 0 Å². The molecule has 1 aliphatic rings. The van der Waals surface area contributed by atoms with Gasteiger partial charge in [-0.3, -0.25) is 0 Å². The first kappa shape index (κ1) is 18.2. The van der Waals surface area contributed by atoms with Crippen molar-refractivity contribution in [1.29, 1.82) is 0 Å². The van der Waals surface area contributed by atoms with Gasteiger partial charge in [0.05, 0.1) is 13.2 Å². The number of hydrogen-bond acceptors (Lipinski definition) is 2. The Bertz CT molecular complexity index is 474. The maximum absolute atomic E-state index is 13.3. The van der Waals surface area contributed by atoms with Gasteiger partial charge in [-0.15, -0.1) is 24.0 Å². The zero-order valence-corrected chi connectivity index (χ0v) is 14.4. The lowest BCUT2D eigenvalue weighted by atomic mass is 10.1. The van der Waals surface area contributed by atoms with E-state index in [-0.39, 0.29) is 36.4 Å². The summed E-state index contributed by atoms with van der Waals surface area (Å²) in [7, 11) is 0. The van der Waals surface area contributed by atoms with Crippen LogP contribution in [0.5, 0.6) is 0 Å². The highest BCUT2D eigenvalue weighted by atomic mass is 127. The predicted molar refractivity (Wildman–Crippen MR) is 93.1 cm³/mol. The Balaban J connectivity index is 0.00000220. The summed E-state index contributed by atoms with van der Waals surface area (Å²) in [4.78, 5) is 6.50. The standard InChI is InChI=1S/C15H22FN3O.HI/c16-14-6-5-12(9-13(14)11-20)10-18-15(17)19-7-3-1-2-4-8-19;/h5-6,9,20H,1-4,7-8,10-11H2,(H2,17,18);1H. The van der Waals surface area contributed by atoms with Gasteiger partial charge in [-0.25, -0.2) is 9.38 Å². The Morgan fingerprint density at radius 3 is 2.52 bits per heavy atom. The fourth-order valence-corrected chi connectivity index (χ4v) is 2.42. The van der Waals surface area contributed by atoms with Crippen molar-refractivity contribution in [2.45, 2.75) is 38.8 Å². The number of nitrogens with zero attached hydrogens (tertiary/aromatic N) is 2. The van der Waals surface area contributed by atoms with Gasteiger partial charge in [-0.05, 0) is 30.5 Å². The quantitative estimate of drug-likeness (QED) is 0.460. The topological polar surface area (TPSA) is 61.9 Å². The van der Waals surface area contributed by atoms with Crippen LogP contribution in [-0.4, -0.2) is 29.1 Å². The summed E-state index contributed by atoms with van der Waals surface area (Å²) in [5.74, 6) is 0.169. The SMILES string of the molecule is I.NC(=NCc1ccc(F)c(CO)c1)N1CCCCCC1. The monoisotopic (exact) mass is 407 g/mol. The Morgan fingerprint density at radius 1 is 1.24 bits per heavy atom. The number of benzene rings is 1. The number of guanidine groups is 1. The molecule has 4 nitrogen and oxygen atoms in total. The Morgan fingerprint density at radius 2 is 1.90 bits per heavy atom. The smallest absolute Gasteiger partial charge is 0.191 e. The maximum atomic E-state index is 13.3. The molecule has 1 heterocycles. The average molecular weight is 407 g/mol. The van der Waals surface area contributed by atoms with Crippen LogP contribution in [0, 0.1) is 5.82 Å². The van der Waals surface area contributed by atoms with Gasteiger partial charge >= 0.3 is 0 Å². The van der Waals surface area contributed by atoms with Crippen molar-refractivity contribution in [1.82, 2.24) is 4.90 Å². The molecule has 21 heavy (non-hydrogen) atoms. The molecule has 1 aromatic carbocycles. The molecule has 0 unspecified atom stereocenters. The van der Waals surface area contributed by atoms with E-state index in [0.29, 0.717) is 18.1 Å². The molecule has 0 spiro atoms. The second-order valence-corrected chi connectivity index (χ2v) is 5.16. The highest BCUT2D eigenvalue weighted by Crippen LogP contribution is 2.12. The minimum absolute atomic E-state index is 0. The van der Waals surface area contributed by atoms with Gasteiger partial charge in [0.2, 0.25) is 0 Å². The van der Waals surface area contributed by atoms with Crippen LogP contribution < -0.4 is 5.73 Å². The molecule has 1 aliphatic heterocycles. The van der Waals surface area contributed by atoms with Gasteiger partial charge in [0.1, 0.15) is 5.82 Å². The first-order valence-electron chi connectivity index (χ1n) is 7.13. The highest BCUT2D eigenvalue weighted by molar-refractivity contribution is 14.0. The average Bonchev–Trinajstić information content (AvgIpc) is 2.75. The van der Waals surface area contributed by atoms with E-state index in [4.69, 9.17) is 10.8 Å². The van der Waals surface area contributed by atoms with Crippen molar-refractivity contribution in [2.24, 2.45) is 10.7 Å². The number of nitrogens with two attached hydrogens (primary N) is 1. The van der Waals surface area contributed by atoms with Crippen molar-refractivity contribution in [2.75, 3.05) is 13.1 Å². The molecule has 0 aliphatic carbocycles. The molecule has 0 amide bonds. The molecular formula is C15H23FIN3O. The Hall–Kier alpha value is -0.890. The number of rotatable bonds is 3. The molecule has 0 radical (unpaired) electrons. The molecule has 1 aromatic rings. The molecule has 0 atom stereocenters. The van der Waals surface area contributed by atoms with Gasteiger partial charge in [0.25, 0.3) is 0 Å². The molecule has 0 saturated carbocycles. The van der Waals surface area contributed by atoms with Crippen LogP contribution in [0.15, 0.2) is 23.2 Å². The van der Waals surface area contributed by atoms with E-state index in [1.54, 1.807) is 12.1 Å². The van der Waals surface area contributed by atoms with E-state index in [1.165, 1.54) is 18.9 Å². The van der Waals surface area contributed by atoms with Gasteiger partial charge in [-0.1, -0.05) is 18.9 Å². The summed E-state index contributed by atoms with van der Waals surface area (Å²) < 4.78 is 13.3. The lowest BCUT2D eigenvalue weighted by molar-refractivity contribution is 0.275. The first-order chi connectivity index (χ1) is 9.70. The number of likely N-dealkylation sites (tertiary alicyclic amines) is 1. The van der Waals surface area contributed by atoms with Crippen molar-refractivity contribution in [3.05, 3.63) is 35.1 Å². The third-order valence-electron chi connectivity index (χ3n) is 3.63. The van der Waals surface area contributed by atoms with Gasteiger partial charge in [-0.2, -0.15) is 0 Å². The predicted octanol–water partition coefficient (Wildman–Crippen LogP) is 2.63. The summed E-state index contributed by atoms with van der Waals surface area (Å²) in [5, 5.41) is 9.05. The van der Waals surface area contributed by atoms with Gasteiger partial charge in [0, 0.05) is 18.7 Å². The van der Waals surface area contributed by atoms with Crippen LogP contribution in [0.4, 0.5) is 4.39 Å². The zero-order chi connectivity index (χ0) is 14.4. The van der Waals surface area contributed by atoms with Crippen LogP contribution in [0.2, 0.25) is 0 Å². The summed E-state index contributed by atoms with van der Waals surface area (Å²) in [6, 6.07) is 4.67. The second kappa shape index (κ2) is 9.19. The fraction of sp³-hybridized carbons (Fsp3) is 0.533. The van der Waals surface area contributed by atoms with E-state index in [2.05, 4.69) is 9.89 Å². The van der Waals surface area contributed by atoms with E-state index >= 15 is 0 Å². The lowest BCUT2D eigenvalue weighted by Crippen LogP contribution is -2.38. The minimum Gasteiger partial charge on any atom is -0.392 e. The van der Waals surface area contributed by atoms with Crippen LogP contribution in [-0.2, 0) is 13.2 Å². The van der Waals surface area contributed by atoms with Gasteiger partial charge < -0.3 is 15.7 Å². The number of aliphatic hydroxyl groups excluding tert-OH is 1. The van der Waals surface area contributed by atoms with Crippen LogP contribution >= 0.6 is 24.0 Å². The third-order valence-corrected chi connectivity index (χ3v) is 3.63. The fourth-order valence-electron chi connectivity index (χ4n) is 2.42. The molecule has 3 N–H and O–H groups in total. The zero-order valence-electron chi connectivity index (χ0n) is 12.1. The normalized spacial score (nSPS) is 16.3. The Kier molecular flexibility index (Phi) is 7.95. The number of hydrogen-bond donors (Lipinski definition) is 2. The van der Waals surface area contributed by atoms with Crippen LogP contribution in [0.1, 0.15) is 36.8 Å². The van der Waals surface area contributed by atoms with E-state index < -0.39 is 0 Å². The molecular weight excluding hydrogens is 384 g/mol. The summed E-state index contributed by atoms with van der Waals surface area (Å²) >= 11 is 0. The highest BCUT2D eigenvalue weighted by Gasteiger charge is 2.10. The van der Waals surface area contributed by atoms with E-state index in [1.807, 2.05) is 0 Å². The third kappa shape index (κ3) is 5.43. The molecule has 0 aromatic heterocycles. The molecule has 1 saturated heterocycles. The second-order valence-electron chi connectivity index (χ2n) is 5.16. The molecule has 118 valence electrons. The number of aliphatic imine (C=N–C) groups is 1. The van der Waals surface area contributed by atoms with Crippen molar-refractivity contribution >= 4 is 29.9 Å². The van der Waals surface area contributed by atoms with Crippen LogP contribution in [0.25, 0.3) is 0 Å².